The summed E-state index contributed by atoms with van der Waals surface area (Å²) in [5.41, 5.74) is 7.38. The van der Waals surface area contributed by atoms with Crippen molar-refractivity contribution < 1.29 is 17.9 Å². The molecule has 8 nitrogen and oxygen atoms in total. The zero-order valence-electron chi connectivity index (χ0n) is 22.1. The third-order valence-electron chi connectivity index (χ3n) is 6.20. The van der Waals surface area contributed by atoms with E-state index in [0.717, 1.165) is 32.5 Å². The Labute approximate surface area is 233 Å². The monoisotopic (exact) mass is 564 g/mol. The lowest BCUT2D eigenvalue weighted by Gasteiger charge is -2.24. The molecule has 0 unspecified atom stereocenters. The van der Waals surface area contributed by atoms with E-state index < -0.39 is 22.5 Å². The second-order valence-electron chi connectivity index (χ2n) is 8.93. The molecule has 1 amide bonds. The molecule has 1 heterocycles. The molecule has 0 fully saturated rings. The fourth-order valence-electron chi connectivity index (χ4n) is 4.20. The number of nitrogens with one attached hydrogen (secondary N) is 1. The summed E-state index contributed by atoms with van der Waals surface area (Å²) in [6.45, 7) is 5.30. The minimum Gasteiger partial charge on any atom is -0.495 e. The summed E-state index contributed by atoms with van der Waals surface area (Å²) in [6, 6.07) is 22.8. The van der Waals surface area contributed by atoms with Crippen molar-refractivity contribution in [1.29, 1.82) is 0 Å². The van der Waals surface area contributed by atoms with Crippen LogP contribution >= 0.6 is 11.6 Å². The molecule has 0 radical (unpaired) electrons. The molecule has 39 heavy (non-hydrogen) atoms. The summed E-state index contributed by atoms with van der Waals surface area (Å²) in [5.74, 6) is -0.235. The van der Waals surface area contributed by atoms with E-state index >= 15 is 0 Å². The Morgan fingerprint density at radius 3 is 2.36 bits per heavy atom. The van der Waals surface area contributed by atoms with Gasteiger partial charge in [-0.2, -0.15) is 5.10 Å². The molecule has 1 N–H and O–H groups in total. The summed E-state index contributed by atoms with van der Waals surface area (Å²) in [5, 5.41) is 4.32. The van der Waals surface area contributed by atoms with Crippen molar-refractivity contribution in [2.45, 2.75) is 25.7 Å². The summed E-state index contributed by atoms with van der Waals surface area (Å²) in [6.07, 6.45) is 1.54. The molecule has 0 saturated heterocycles. The van der Waals surface area contributed by atoms with Gasteiger partial charge in [0.05, 0.1) is 28.9 Å². The number of carbonyl (C=O) groups is 1. The van der Waals surface area contributed by atoms with Crippen LogP contribution in [0.5, 0.6) is 5.75 Å². The van der Waals surface area contributed by atoms with Gasteiger partial charge in [0.25, 0.3) is 15.9 Å². The van der Waals surface area contributed by atoms with Gasteiger partial charge in [-0.3, -0.25) is 9.10 Å². The Kier molecular flexibility index (Phi) is 8.42. The second kappa shape index (κ2) is 11.8. The van der Waals surface area contributed by atoms with E-state index in [1.54, 1.807) is 24.4 Å². The maximum atomic E-state index is 13.6. The molecule has 0 bridgehead atoms. The number of carbonyl (C=O) groups excluding carboxylic acids is 1. The number of sulfonamides is 1. The average molecular weight is 565 g/mol. The molecule has 4 rings (SSSR count). The van der Waals surface area contributed by atoms with Crippen LogP contribution in [0.3, 0.4) is 0 Å². The van der Waals surface area contributed by atoms with Gasteiger partial charge in [0, 0.05) is 22.6 Å². The van der Waals surface area contributed by atoms with Crippen molar-refractivity contribution >= 4 is 39.4 Å². The zero-order chi connectivity index (χ0) is 28.2. The Morgan fingerprint density at radius 2 is 1.72 bits per heavy atom. The van der Waals surface area contributed by atoms with Gasteiger partial charge < -0.3 is 9.30 Å². The van der Waals surface area contributed by atoms with Crippen LogP contribution in [-0.4, -0.2) is 38.8 Å². The number of methoxy groups -OCH3 is 1. The highest BCUT2D eigenvalue weighted by Crippen LogP contribution is 2.32. The highest BCUT2D eigenvalue weighted by atomic mass is 35.5. The third-order valence-corrected chi connectivity index (χ3v) is 8.28. The number of aromatic nitrogens is 1. The first kappa shape index (κ1) is 27.9. The van der Waals surface area contributed by atoms with Gasteiger partial charge in [0.1, 0.15) is 12.3 Å². The molecule has 0 saturated carbocycles. The highest BCUT2D eigenvalue weighted by Gasteiger charge is 2.28. The van der Waals surface area contributed by atoms with Gasteiger partial charge in [-0.15, -0.1) is 0 Å². The maximum absolute atomic E-state index is 13.6. The van der Waals surface area contributed by atoms with Crippen LogP contribution in [-0.2, 0) is 14.8 Å². The van der Waals surface area contributed by atoms with Crippen LogP contribution in [0.1, 0.15) is 22.5 Å². The average Bonchev–Trinajstić information content (AvgIpc) is 3.20. The molecule has 10 heteroatoms. The molecule has 0 aliphatic carbocycles. The van der Waals surface area contributed by atoms with E-state index in [4.69, 9.17) is 16.3 Å². The van der Waals surface area contributed by atoms with E-state index in [-0.39, 0.29) is 15.6 Å². The smallest absolute Gasteiger partial charge is 0.264 e. The molecule has 0 atom stereocenters. The maximum Gasteiger partial charge on any atom is 0.264 e. The number of hydrogen-bond acceptors (Lipinski definition) is 5. The number of nitrogens with zero attached hydrogens (tertiary/aromatic N) is 3. The molecule has 202 valence electrons. The highest BCUT2D eigenvalue weighted by molar-refractivity contribution is 7.92. The van der Waals surface area contributed by atoms with Crippen molar-refractivity contribution in [3.63, 3.8) is 0 Å². The predicted molar refractivity (Wildman–Crippen MR) is 155 cm³/mol. The number of halogens is 1. The van der Waals surface area contributed by atoms with Gasteiger partial charge in [-0.05, 0) is 69.3 Å². The van der Waals surface area contributed by atoms with Crippen molar-refractivity contribution in [1.82, 2.24) is 9.99 Å². The normalized spacial score (nSPS) is 11.5. The number of aryl methyl sites for hydroxylation is 2. The van der Waals surface area contributed by atoms with Crippen molar-refractivity contribution in [2.24, 2.45) is 5.10 Å². The van der Waals surface area contributed by atoms with Crippen LogP contribution in [0.2, 0.25) is 5.02 Å². The minimum absolute atomic E-state index is 0.0460. The number of amides is 1. The fourth-order valence-corrected chi connectivity index (χ4v) is 5.86. The zero-order valence-corrected chi connectivity index (χ0v) is 23.6. The number of benzene rings is 3. The largest absolute Gasteiger partial charge is 0.495 e. The van der Waals surface area contributed by atoms with Crippen LogP contribution < -0.4 is 14.5 Å². The third kappa shape index (κ3) is 6.16. The van der Waals surface area contributed by atoms with Crippen molar-refractivity contribution in [3.05, 3.63) is 106 Å². The SMILES string of the molecule is COc1ccc(N(CC(=O)N/N=C\c2cc(C)n(-c3ccccc3)c2C)S(=O)(=O)c2ccc(C)cc2)cc1Cl. The number of ether oxygens (including phenoxy) is 1. The van der Waals surface area contributed by atoms with Crippen LogP contribution in [0.4, 0.5) is 5.69 Å². The van der Waals surface area contributed by atoms with E-state index in [1.807, 2.05) is 57.2 Å². The van der Waals surface area contributed by atoms with Crippen LogP contribution in [0.15, 0.2) is 88.9 Å². The molecule has 0 spiro atoms. The fraction of sp³-hybridized carbons (Fsp3) is 0.172. The van der Waals surface area contributed by atoms with Gasteiger partial charge >= 0.3 is 0 Å². The number of hydrazone groups is 1. The molecule has 0 aliphatic heterocycles. The number of rotatable bonds is 9. The molecular formula is C29H29ClN4O4S. The second-order valence-corrected chi connectivity index (χ2v) is 11.2. The predicted octanol–water partition coefficient (Wildman–Crippen LogP) is 5.41. The lowest BCUT2D eigenvalue weighted by Crippen LogP contribution is -2.39. The molecular weight excluding hydrogens is 536 g/mol. The minimum atomic E-state index is -4.10. The van der Waals surface area contributed by atoms with E-state index in [0.29, 0.717) is 5.75 Å². The molecule has 1 aromatic heterocycles. The quantitative estimate of drug-likeness (QED) is 0.217. The first-order chi connectivity index (χ1) is 18.6. The Bertz CT molecular complexity index is 1620. The van der Waals surface area contributed by atoms with Gasteiger partial charge in [0.2, 0.25) is 0 Å². The van der Waals surface area contributed by atoms with Crippen molar-refractivity contribution in [2.75, 3.05) is 18.0 Å². The number of para-hydroxylation sites is 1. The van der Waals surface area contributed by atoms with E-state index in [9.17, 15) is 13.2 Å². The molecule has 3 aromatic carbocycles. The first-order valence-corrected chi connectivity index (χ1v) is 13.9. The van der Waals surface area contributed by atoms with E-state index in [2.05, 4.69) is 15.1 Å². The Morgan fingerprint density at radius 1 is 1.03 bits per heavy atom. The topological polar surface area (TPSA) is 93.0 Å². The van der Waals surface area contributed by atoms with Crippen molar-refractivity contribution in [3.8, 4) is 11.4 Å². The number of anilines is 1. The molecule has 4 aromatic rings. The van der Waals surface area contributed by atoms with Crippen LogP contribution in [0.25, 0.3) is 5.69 Å². The Hall–Kier alpha value is -4.08. The van der Waals surface area contributed by atoms with Gasteiger partial charge in [-0.25, -0.2) is 13.8 Å². The lowest BCUT2D eigenvalue weighted by molar-refractivity contribution is -0.119. The standard InChI is InChI=1S/C29H29ClN4O4S/c1-20-10-13-26(14-11-20)39(36,37)33(25-12-15-28(38-4)27(30)17-25)19-29(35)32-31-18-23-16-21(2)34(22(23)3)24-8-6-5-7-9-24/h5-18H,19H2,1-4H3,(H,32,35)/b31-18-. The summed E-state index contributed by atoms with van der Waals surface area (Å²) >= 11 is 6.28. The summed E-state index contributed by atoms with van der Waals surface area (Å²) in [7, 11) is -2.64. The first-order valence-electron chi connectivity index (χ1n) is 12.1. The number of hydrogen-bond donors (Lipinski definition) is 1. The summed E-state index contributed by atoms with van der Waals surface area (Å²) in [4.78, 5) is 13.0. The molecule has 0 aliphatic rings. The van der Waals surface area contributed by atoms with Gasteiger partial charge in [0.15, 0.2) is 0 Å². The van der Waals surface area contributed by atoms with E-state index in [1.165, 1.54) is 31.4 Å². The lowest BCUT2D eigenvalue weighted by atomic mass is 10.2. The Balaban J connectivity index is 1.58. The summed E-state index contributed by atoms with van der Waals surface area (Å²) < 4.78 is 35.5. The van der Waals surface area contributed by atoms with Gasteiger partial charge in [-0.1, -0.05) is 47.5 Å². The van der Waals surface area contributed by atoms with Crippen LogP contribution in [0, 0.1) is 20.8 Å².